The number of aromatic nitrogens is 2. The normalized spacial score (nSPS) is 15.7. The highest BCUT2D eigenvalue weighted by Crippen LogP contribution is 2.39. The number of benzene rings is 3. The minimum atomic E-state index is -0.501. The van der Waals surface area contributed by atoms with E-state index in [9.17, 15) is 9.18 Å². The van der Waals surface area contributed by atoms with E-state index >= 15 is 0 Å². The first-order chi connectivity index (χ1) is 17.4. The molecule has 0 fully saturated rings. The number of carbonyl (C=O) groups excluding carboxylic acids is 1. The maximum Gasteiger partial charge on any atom is 0.326 e. The summed E-state index contributed by atoms with van der Waals surface area (Å²) in [6.07, 6.45) is 0. The molecular formula is C28H25FN4O3. The molecule has 1 aliphatic rings. The van der Waals surface area contributed by atoms with Gasteiger partial charge in [-0.1, -0.05) is 35.0 Å². The van der Waals surface area contributed by atoms with E-state index in [1.165, 1.54) is 12.1 Å². The van der Waals surface area contributed by atoms with Gasteiger partial charge >= 0.3 is 6.03 Å². The van der Waals surface area contributed by atoms with E-state index in [0.717, 1.165) is 16.9 Å². The van der Waals surface area contributed by atoms with E-state index in [1.54, 1.807) is 17.0 Å². The van der Waals surface area contributed by atoms with Crippen LogP contribution in [0.15, 0.2) is 83.0 Å². The molecule has 7 nitrogen and oxygen atoms in total. The molecule has 1 aromatic heterocycles. The number of ether oxygens (including phenoxy) is 1. The largest absolute Gasteiger partial charge is 0.494 e. The molecule has 2 heterocycles. The first-order valence-electron chi connectivity index (χ1n) is 11.7. The van der Waals surface area contributed by atoms with Crippen molar-refractivity contribution in [2.24, 2.45) is 0 Å². The summed E-state index contributed by atoms with van der Waals surface area (Å²) in [6.45, 7) is 6.33. The van der Waals surface area contributed by atoms with Crippen molar-refractivity contribution in [2.45, 2.75) is 26.8 Å². The molecule has 0 saturated carbocycles. The van der Waals surface area contributed by atoms with Crippen LogP contribution >= 0.6 is 0 Å². The Kier molecular flexibility index (Phi) is 6.25. The van der Waals surface area contributed by atoms with Crippen molar-refractivity contribution in [1.29, 1.82) is 0 Å². The Morgan fingerprint density at radius 3 is 2.36 bits per heavy atom. The van der Waals surface area contributed by atoms with E-state index in [1.807, 2.05) is 69.3 Å². The van der Waals surface area contributed by atoms with Gasteiger partial charge in [-0.15, -0.1) is 0 Å². The van der Waals surface area contributed by atoms with Gasteiger partial charge in [0, 0.05) is 11.3 Å². The number of anilines is 1. The van der Waals surface area contributed by atoms with E-state index in [-0.39, 0.29) is 17.7 Å². The molecule has 2 amide bonds. The lowest BCUT2D eigenvalue weighted by molar-refractivity contribution is 0.244. The second-order valence-electron chi connectivity index (χ2n) is 8.48. The summed E-state index contributed by atoms with van der Waals surface area (Å²) in [7, 11) is 0. The van der Waals surface area contributed by atoms with Gasteiger partial charge in [-0.2, -0.15) is 4.98 Å². The van der Waals surface area contributed by atoms with Crippen molar-refractivity contribution in [1.82, 2.24) is 15.5 Å². The van der Waals surface area contributed by atoms with Crippen LogP contribution in [0.4, 0.5) is 14.9 Å². The van der Waals surface area contributed by atoms with Gasteiger partial charge in [0.2, 0.25) is 5.82 Å². The Hall–Kier alpha value is -4.46. The minimum Gasteiger partial charge on any atom is -0.494 e. The highest BCUT2D eigenvalue weighted by atomic mass is 19.1. The van der Waals surface area contributed by atoms with E-state index in [0.29, 0.717) is 35.0 Å². The van der Waals surface area contributed by atoms with Crippen LogP contribution in [0.3, 0.4) is 0 Å². The molecule has 0 bridgehead atoms. The number of nitrogens with one attached hydrogen (secondary N) is 1. The van der Waals surface area contributed by atoms with Crippen molar-refractivity contribution >= 4 is 17.3 Å². The topological polar surface area (TPSA) is 80.5 Å². The molecule has 0 radical (unpaired) electrons. The summed E-state index contributed by atoms with van der Waals surface area (Å²) in [5.74, 6) is 0.978. The lowest BCUT2D eigenvalue weighted by Gasteiger charge is -2.35. The van der Waals surface area contributed by atoms with Gasteiger partial charge in [0.05, 0.1) is 23.9 Å². The average Bonchev–Trinajstić information content (AvgIpc) is 3.35. The molecule has 1 unspecified atom stereocenters. The summed E-state index contributed by atoms with van der Waals surface area (Å²) in [4.78, 5) is 19.5. The third-order valence-corrected chi connectivity index (χ3v) is 6.06. The number of urea groups is 1. The van der Waals surface area contributed by atoms with E-state index in [4.69, 9.17) is 9.26 Å². The van der Waals surface area contributed by atoms with Crippen LogP contribution in [-0.4, -0.2) is 22.8 Å². The van der Waals surface area contributed by atoms with Crippen LogP contribution in [0.1, 0.15) is 36.9 Å². The molecule has 0 spiro atoms. The Morgan fingerprint density at radius 1 is 1.00 bits per heavy atom. The Balaban J connectivity index is 1.61. The smallest absolute Gasteiger partial charge is 0.326 e. The number of rotatable bonds is 6. The van der Waals surface area contributed by atoms with Crippen LogP contribution < -0.4 is 15.0 Å². The monoisotopic (exact) mass is 484 g/mol. The van der Waals surface area contributed by atoms with Crippen LogP contribution in [0, 0.1) is 12.7 Å². The van der Waals surface area contributed by atoms with Gasteiger partial charge in [0.15, 0.2) is 0 Å². The van der Waals surface area contributed by atoms with E-state index in [2.05, 4.69) is 15.5 Å². The molecule has 4 aromatic rings. The summed E-state index contributed by atoms with van der Waals surface area (Å²) in [5.41, 5.74) is 4.62. The first kappa shape index (κ1) is 23.3. The number of hydrogen-bond acceptors (Lipinski definition) is 5. The summed E-state index contributed by atoms with van der Waals surface area (Å²) in [5, 5.41) is 7.22. The van der Waals surface area contributed by atoms with Gasteiger partial charge in [0.1, 0.15) is 11.6 Å². The van der Waals surface area contributed by atoms with Crippen molar-refractivity contribution < 1.29 is 18.4 Å². The van der Waals surface area contributed by atoms with Gasteiger partial charge < -0.3 is 14.6 Å². The fraction of sp³-hybridized carbons (Fsp3) is 0.179. The SMILES string of the molecule is CCOc1ccc(N2C(=O)NC(c3ccc(C)cc3)C(c3nc(-c4ccc(F)cc4)no3)=C2C)cc1. The Bertz CT molecular complexity index is 1410. The predicted molar refractivity (Wildman–Crippen MR) is 135 cm³/mol. The fourth-order valence-corrected chi connectivity index (χ4v) is 4.25. The minimum absolute atomic E-state index is 0.272. The average molecular weight is 485 g/mol. The molecule has 0 aliphatic carbocycles. The quantitative estimate of drug-likeness (QED) is 0.348. The molecule has 5 rings (SSSR count). The second-order valence-corrected chi connectivity index (χ2v) is 8.48. The van der Waals surface area contributed by atoms with Crippen LogP contribution in [-0.2, 0) is 0 Å². The fourth-order valence-electron chi connectivity index (χ4n) is 4.25. The Labute approximate surface area is 208 Å². The van der Waals surface area contributed by atoms with Crippen molar-refractivity contribution in [3.8, 4) is 17.1 Å². The van der Waals surface area contributed by atoms with Crippen LogP contribution in [0.25, 0.3) is 17.0 Å². The van der Waals surface area contributed by atoms with Gasteiger partial charge in [-0.25, -0.2) is 9.18 Å². The van der Waals surface area contributed by atoms with Crippen molar-refractivity contribution in [3.05, 3.63) is 101 Å². The molecule has 3 aromatic carbocycles. The van der Waals surface area contributed by atoms with Crippen molar-refractivity contribution in [2.75, 3.05) is 11.5 Å². The predicted octanol–water partition coefficient (Wildman–Crippen LogP) is 6.28. The lowest BCUT2D eigenvalue weighted by atomic mass is 9.94. The second kappa shape index (κ2) is 9.65. The van der Waals surface area contributed by atoms with Gasteiger partial charge in [-0.05, 0) is 74.9 Å². The van der Waals surface area contributed by atoms with Gasteiger partial charge in [-0.3, -0.25) is 4.90 Å². The highest BCUT2D eigenvalue weighted by molar-refractivity contribution is 6.01. The zero-order valence-corrected chi connectivity index (χ0v) is 20.2. The standard InChI is InChI=1S/C28H25FN4O3/c1-4-35-23-15-13-22(14-16-23)33-18(3)24(25(30-28(33)34)19-7-5-17(2)6-8-19)27-31-26(32-36-27)20-9-11-21(29)12-10-20/h5-16,25H,4H2,1-3H3,(H,30,34). The number of amides is 2. The third-order valence-electron chi connectivity index (χ3n) is 6.06. The summed E-state index contributed by atoms with van der Waals surface area (Å²) in [6, 6.07) is 20.3. The molecule has 1 aliphatic heterocycles. The number of hydrogen-bond donors (Lipinski definition) is 1. The van der Waals surface area contributed by atoms with Gasteiger partial charge in [0.25, 0.3) is 5.89 Å². The molecule has 8 heteroatoms. The maximum absolute atomic E-state index is 13.4. The summed E-state index contributed by atoms with van der Waals surface area (Å²) >= 11 is 0. The Morgan fingerprint density at radius 2 is 1.69 bits per heavy atom. The number of halogens is 1. The van der Waals surface area contributed by atoms with E-state index < -0.39 is 6.04 Å². The molecular weight excluding hydrogens is 459 g/mol. The zero-order valence-electron chi connectivity index (χ0n) is 20.2. The number of allylic oxidation sites excluding steroid dienone is 1. The first-order valence-corrected chi connectivity index (χ1v) is 11.7. The zero-order chi connectivity index (χ0) is 25.2. The van der Waals surface area contributed by atoms with Crippen molar-refractivity contribution in [3.63, 3.8) is 0 Å². The lowest BCUT2D eigenvalue weighted by Crippen LogP contribution is -2.46. The molecule has 1 atom stereocenters. The number of carbonyl (C=O) groups is 1. The van der Waals surface area contributed by atoms with Crippen LogP contribution in [0.2, 0.25) is 0 Å². The molecule has 182 valence electrons. The summed E-state index contributed by atoms with van der Waals surface area (Å²) < 4.78 is 24.6. The molecule has 36 heavy (non-hydrogen) atoms. The highest BCUT2D eigenvalue weighted by Gasteiger charge is 2.36. The van der Waals surface area contributed by atoms with Crippen LogP contribution in [0.5, 0.6) is 5.75 Å². The maximum atomic E-state index is 13.4. The number of nitrogens with zero attached hydrogens (tertiary/aromatic N) is 3. The third kappa shape index (κ3) is 4.45. The number of aryl methyl sites for hydroxylation is 1. The molecule has 0 saturated heterocycles. The molecule has 1 N–H and O–H groups in total.